The molecule has 0 aliphatic heterocycles. The number of allylic oxidation sites excluding steroid dienone is 1. The van der Waals surface area contributed by atoms with Gasteiger partial charge in [0.05, 0.1) is 8.07 Å². The maximum Gasteiger partial charge on any atom is 0.534 e. The number of hydrogen-bond donors (Lipinski definition) is 0. The highest BCUT2D eigenvalue weighted by atomic mass is 32.2. The molecule has 0 amide bonds. The summed E-state index contributed by atoms with van der Waals surface area (Å²) in [5, 5.41) is 0. The molecule has 8 heteroatoms. The lowest BCUT2D eigenvalue weighted by Crippen LogP contribution is -2.25. The standard InChI is InChI=1S/C8H15F3O3SSi/c1-7(16(2,3)4)5-6-14-15(12,13)8(9,10)11/h5-7H,1-4H3/b6-5+. The van der Waals surface area contributed by atoms with Crippen LogP contribution in [0.5, 0.6) is 0 Å². The van der Waals surface area contributed by atoms with E-state index in [1.54, 1.807) is 0 Å². The van der Waals surface area contributed by atoms with E-state index in [1.807, 2.05) is 26.6 Å². The number of rotatable bonds is 4. The zero-order valence-electron chi connectivity index (χ0n) is 9.50. The van der Waals surface area contributed by atoms with Crippen LogP contribution in [0.4, 0.5) is 13.2 Å². The van der Waals surface area contributed by atoms with Crippen molar-refractivity contribution in [2.75, 3.05) is 0 Å². The van der Waals surface area contributed by atoms with Gasteiger partial charge < -0.3 is 4.18 Å². The Morgan fingerprint density at radius 1 is 1.25 bits per heavy atom. The summed E-state index contributed by atoms with van der Waals surface area (Å²) in [6.45, 7) is 7.85. The van der Waals surface area contributed by atoms with Gasteiger partial charge in [-0.25, -0.2) is 0 Å². The third kappa shape index (κ3) is 4.56. The van der Waals surface area contributed by atoms with E-state index in [0.717, 1.165) is 0 Å². The molecule has 1 atom stereocenters. The molecule has 3 nitrogen and oxygen atoms in total. The van der Waals surface area contributed by atoms with Crippen LogP contribution in [0.2, 0.25) is 25.2 Å². The van der Waals surface area contributed by atoms with E-state index in [0.29, 0.717) is 6.26 Å². The van der Waals surface area contributed by atoms with Crippen LogP contribution in [0.15, 0.2) is 12.3 Å². The molecule has 0 aromatic heterocycles. The zero-order chi connectivity index (χ0) is 13.2. The SMILES string of the molecule is CC(/C=C/OS(=O)(=O)C(F)(F)F)[Si](C)(C)C. The van der Waals surface area contributed by atoms with Crippen LogP contribution >= 0.6 is 0 Å². The van der Waals surface area contributed by atoms with E-state index in [-0.39, 0.29) is 5.54 Å². The summed E-state index contributed by atoms with van der Waals surface area (Å²) in [4.78, 5) is 0. The average molecular weight is 276 g/mol. The first kappa shape index (κ1) is 15.5. The highest BCUT2D eigenvalue weighted by Crippen LogP contribution is 2.26. The van der Waals surface area contributed by atoms with Crippen LogP contribution < -0.4 is 0 Å². The minimum atomic E-state index is -5.51. The number of halogens is 3. The van der Waals surface area contributed by atoms with Crippen molar-refractivity contribution in [1.29, 1.82) is 0 Å². The summed E-state index contributed by atoms with van der Waals surface area (Å²) < 4.78 is 60.3. The summed E-state index contributed by atoms with van der Waals surface area (Å²) in [6.07, 6.45) is 1.95. The Bertz CT molecular complexity index is 354. The summed E-state index contributed by atoms with van der Waals surface area (Å²) >= 11 is 0. The Hall–Kier alpha value is -0.503. The highest BCUT2D eigenvalue weighted by molar-refractivity contribution is 7.87. The molecular weight excluding hydrogens is 261 g/mol. The summed E-state index contributed by atoms with van der Waals surface area (Å²) in [5.41, 5.74) is -5.35. The van der Waals surface area contributed by atoms with Crippen molar-refractivity contribution >= 4 is 18.2 Å². The Morgan fingerprint density at radius 3 is 2.00 bits per heavy atom. The van der Waals surface area contributed by atoms with Gasteiger partial charge in [-0.2, -0.15) is 21.6 Å². The van der Waals surface area contributed by atoms with E-state index >= 15 is 0 Å². The molecule has 0 aromatic carbocycles. The zero-order valence-corrected chi connectivity index (χ0v) is 11.3. The average Bonchev–Trinajstić information content (AvgIpc) is 1.99. The van der Waals surface area contributed by atoms with Gasteiger partial charge in [0, 0.05) is 0 Å². The molecule has 16 heavy (non-hydrogen) atoms. The topological polar surface area (TPSA) is 43.4 Å². The van der Waals surface area contributed by atoms with E-state index in [2.05, 4.69) is 4.18 Å². The molecule has 0 aliphatic carbocycles. The van der Waals surface area contributed by atoms with Gasteiger partial charge in [0.15, 0.2) is 0 Å². The van der Waals surface area contributed by atoms with Gasteiger partial charge in [0.2, 0.25) is 0 Å². The molecule has 0 rings (SSSR count). The van der Waals surface area contributed by atoms with Crippen molar-refractivity contribution in [3.05, 3.63) is 12.3 Å². The summed E-state index contributed by atoms with van der Waals surface area (Å²) in [5.74, 6) is 0. The molecule has 0 spiro atoms. The monoisotopic (exact) mass is 276 g/mol. The van der Waals surface area contributed by atoms with Crippen LogP contribution in [-0.4, -0.2) is 22.0 Å². The lowest BCUT2D eigenvalue weighted by Gasteiger charge is -2.21. The quantitative estimate of drug-likeness (QED) is 0.343. The predicted octanol–water partition coefficient (Wildman–Crippen LogP) is 3.09. The smallest absolute Gasteiger partial charge is 0.384 e. The molecule has 0 radical (unpaired) electrons. The molecule has 0 heterocycles. The Balaban J connectivity index is 4.55. The molecule has 0 saturated carbocycles. The van der Waals surface area contributed by atoms with E-state index in [9.17, 15) is 21.6 Å². The van der Waals surface area contributed by atoms with Crippen LogP contribution in [0.1, 0.15) is 6.92 Å². The molecule has 0 aliphatic rings. The van der Waals surface area contributed by atoms with Crippen molar-refractivity contribution in [3.8, 4) is 0 Å². The molecular formula is C8H15F3O3SSi. The van der Waals surface area contributed by atoms with Crippen LogP contribution in [0.25, 0.3) is 0 Å². The predicted molar refractivity (Wildman–Crippen MR) is 58.0 cm³/mol. The normalized spacial score (nSPS) is 16.4. The lowest BCUT2D eigenvalue weighted by atomic mass is 10.5. The second-order valence-electron chi connectivity index (χ2n) is 4.48. The fourth-order valence-corrected chi connectivity index (χ4v) is 1.54. The maximum absolute atomic E-state index is 11.9. The van der Waals surface area contributed by atoms with Crippen LogP contribution in [0.3, 0.4) is 0 Å². The minimum Gasteiger partial charge on any atom is -0.384 e. The fraction of sp³-hybridized carbons (Fsp3) is 0.750. The first-order chi connectivity index (χ1) is 6.88. The molecule has 0 aromatic rings. The van der Waals surface area contributed by atoms with E-state index in [1.165, 1.54) is 6.08 Å². The largest absolute Gasteiger partial charge is 0.534 e. The highest BCUT2D eigenvalue weighted by Gasteiger charge is 2.47. The second-order valence-corrected chi connectivity index (χ2v) is 11.7. The molecule has 0 fully saturated rings. The third-order valence-corrected chi connectivity index (χ3v) is 6.05. The van der Waals surface area contributed by atoms with Crippen LogP contribution in [-0.2, 0) is 14.3 Å². The van der Waals surface area contributed by atoms with Gasteiger partial charge in [-0.15, -0.1) is 0 Å². The molecule has 0 saturated heterocycles. The number of hydrogen-bond acceptors (Lipinski definition) is 3. The van der Waals surface area contributed by atoms with Gasteiger partial charge >= 0.3 is 15.6 Å². The molecule has 96 valence electrons. The second kappa shape index (κ2) is 4.78. The lowest BCUT2D eigenvalue weighted by molar-refractivity contribution is -0.0515. The van der Waals surface area contributed by atoms with Gasteiger partial charge in [-0.1, -0.05) is 26.6 Å². The minimum absolute atomic E-state index is 0.0240. The maximum atomic E-state index is 11.9. The first-order valence-corrected chi connectivity index (χ1v) is 9.53. The first-order valence-electron chi connectivity index (χ1n) is 4.54. The Morgan fingerprint density at radius 2 is 1.69 bits per heavy atom. The summed E-state index contributed by atoms with van der Waals surface area (Å²) in [6, 6.07) is 0. The van der Waals surface area contributed by atoms with Gasteiger partial charge in [-0.3, -0.25) is 0 Å². The fourth-order valence-electron chi connectivity index (χ4n) is 0.566. The Kier molecular flexibility index (Phi) is 4.63. The molecule has 1 unspecified atom stereocenters. The van der Waals surface area contributed by atoms with Crippen molar-refractivity contribution in [1.82, 2.24) is 0 Å². The van der Waals surface area contributed by atoms with Crippen molar-refractivity contribution < 1.29 is 25.8 Å². The Labute approximate surface area is 94.4 Å². The van der Waals surface area contributed by atoms with Crippen molar-refractivity contribution in [2.45, 2.75) is 37.6 Å². The van der Waals surface area contributed by atoms with Gasteiger partial charge in [-0.05, 0) is 11.6 Å². The number of alkyl halides is 3. The van der Waals surface area contributed by atoms with Crippen molar-refractivity contribution in [2.24, 2.45) is 0 Å². The van der Waals surface area contributed by atoms with Crippen molar-refractivity contribution in [3.63, 3.8) is 0 Å². The molecule has 0 bridgehead atoms. The van der Waals surface area contributed by atoms with Gasteiger partial charge in [0.1, 0.15) is 6.26 Å². The van der Waals surface area contributed by atoms with Gasteiger partial charge in [0.25, 0.3) is 0 Å². The van der Waals surface area contributed by atoms with E-state index < -0.39 is 23.7 Å². The summed E-state index contributed by atoms with van der Waals surface area (Å²) in [7, 11) is -7.06. The van der Waals surface area contributed by atoms with E-state index in [4.69, 9.17) is 0 Å². The third-order valence-electron chi connectivity index (χ3n) is 2.20. The van der Waals surface area contributed by atoms with Crippen LogP contribution in [0, 0.1) is 0 Å². The molecule has 0 N–H and O–H groups in total.